The van der Waals surface area contributed by atoms with Crippen LogP contribution in [-0.4, -0.2) is 62.1 Å². The molecule has 11 heteroatoms. The number of hydrogen-bond donors (Lipinski definition) is 3. The minimum atomic E-state index is -3.73. The van der Waals surface area contributed by atoms with Crippen LogP contribution in [0.1, 0.15) is 57.1 Å². The molecule has 3 aromatic carbocycles. The van der Waals surface area contributed by atoms with Gasteiger partial charge in [0, 0.05) is 18.5 Å². The van der Waals surface area contributed by atoms with E-state index in [0.717, 1.165) is 29.7 Å². The van der Waals surface area contributed by atoms with Crippen LogP contribution >= 0.6 is 0 Å². The topological polar surface area (TPSA) is 125 Å². The minimum Gasteiger partial charge on any atom is -0.492 e. The lowest BCUT2D eigenvalue weighted by Gasteiger charge is -2.29. The number of benzene rings is 3. The van der Waals surface area contributed by atoms with Crippen LogP contribution in [0.25, 0.3) is 11.1 Å². The first kappa shape index (κ1) is 32.6. The molecule has 0 unspecified atom stereocenters. The number of likely N-dealkylation sites (tertiary alicyclic amines) is 1. The van der Waals surface area contributed by atoms with Crippen LogP contribution < -0.4 is 14.8 Å². The molecular weight excluding hydrogens is 597 g/mol. The van der Waals surface area contributed by atoms with Crippen molar-refractivity contribution in [1.82, 2.24) is 14.9 Å². The quantitative estimate of drug-likeness (QED) is 0.251. The van der Waals surface area contributed by atoms with Gasteiger partial charge in [-0.1, -0.05) is 36.4 Å². The predicted molar refractivity (Wildman–Crippen MR) is 169 cm³/mol. The number of sulfonamides is 1. The van der Waals surface area contributed by atoms with Crippen molar-refractivity contribution in [3.05, 3.63) is 84.2 Å². The molecular formula is C34H40FN3O6S. The Morgan fingerprint density at radius 2 is 1.56 bits per heavy atom. The molecule has 240 valence electrons. The van der Waals surface area contributed by atoms with E-state index in [2.05, 4.69) is 10.0 Å². The molecule has 45 heavy (non-hydrogen) atoms. The minimum absolute atomic E-state index is 0.0701. The molecule has 1 heterocycles. The number of carboxylic acids is 1. The summed E-state index contributed by atoms with van der Waals surface area (Å²) in [6, 6.07) is 19.3. The Bertz CT molecular complexity index is 1560. The van der Waals surface area contributed by atoms with E-state index >= 15 is 0 Å². The number of carboxylic acid groups (broad SMARTS) is 1. The number of halogens is 1. The van der Waals surface area contributed by atoms with E-state index in [9.17, 15) is 27.5 Å². The van der Waals surface area contributed by atoms with Gasteiger partial charge in [0.25, 0.3) is 0 Å². The third-order valence-corrected chi connectivity index (χ3v) is 10.3. The molecule has 9 nitrogen and oxygen atoms in total. The predicted octanol–water partition coefficient (Wildman–Crippen LogP) is 5.14. The molecule has 0 radical (unpaired) electrons. The highest BCUT2D eigenvalue weighted by molar-refractivity contribution is 7.89. The van der Waals surface area contributed by atoms with Gasteiger partial charge in [0.2, 0.25) is 15.9 Å². The Labute approximate surface area is 263 Å². The van der Waals surface area contributed by atoms with Crippen molar-refractivity contribution in [1.29, 1.82) is 0 Å². The van der Waals surface area contributed by atoms with E-state index in [0.29, 0.717) is 51.0 Å². The van der Waals surface area contributed by atoms with E-state index in [1.54, 1.807) is 36.4 Å². The average Bonchev–Trinajstić information content (AvgIpc) is 3.51. The highest BCUT2D eigenvalue weighted by Crippen LogP contribution is 2.28. The molecule has 0 bridgehead atoms. The van der Waals surface area contributed by atoms with E-state index in [4.69, 9.17) is 4.74 Å². The number of hydrogen-bond acceptors (Lipinski definition) is 6. The Morgan fingerprint density at radius 3 is 2.18 bits per heavy atom. The number of nitrogens with one attached hydrogen (secondary N) is 2. The number of carbonyl (C=O) groups excluding carboxylic acids is 1. The summed E-state index contributed by atoms with van der Waals surface area (Å²) in [6.07, 6.45) is 3.83. The molecule has 2 aliphatic rings. The molecule has 1 saturated heterocycles. The Morgan fingerprint density at radius 1 is 0.933 bits per heavy atom. The second kappa shape index (κ2) is 14.5. The standard InChI is InChI=1S/C34H40FN3O6S/c1-23(24-4-12-28(35)13-5-24)36-33(39)27-6-14-29(15-7-27)37-45(42,43)31-18-10-26(11-19-31)25-8-16-30(17-9-25)44-22-21-38-20-2-3-32(38)34(40)41/h4-5,8-13,16-19,23,27,29,32,37H,2-3,6-7,14-15,20-22H2,1H3,(H,36,39)(H,40,41)/t23-,27?,29?,32+/m1/s1. The van der Waals surface area contributed by atoms with Gasteiger partial charge in [0.15, 0.2) is 0 Å². The fourth-order valence-corrected chi connectivity index (χ4v) is 7.46. The fourth-order valence-electron chi connectivity index (χ4n) is 6.15. The first-order valence-corrected chi connectivity index (χ1v) is 17.0. The van der Waals surface area contributed by atoms with Crippen LogP contribution in [0.5, 0.6) is 5.75 Å². The summed E-state index contributed by atoms with van der Waals surface area (Å²) in [5, 5.41) is 12.3. The van der Waals surface area contributed by atoms with Crippen LogP contribution in [0.3, 0.4) is 0 Å². The SMILES string of the molecule is C[C@@H](NC(=O)C1CCC(NS(=O)(=O)c2ccc(-c3ccc(OCCN4CCC[C@H]4C(=O)O)cc3)cc2)CC1)c1ccc(F)cc1. The van der Waals surface area contributed by atoms with Crippen molar-refractivity contribution in [2.75, 3.05) is 19.7 Å². The number of carbonyl (C=O) groups is 2. The van der Waals surface area contributed by atoms with Crippen molar-refractivity contribution in [2.24, 2.45) is 5.92 Å². The lowest BCUT2D eigenvalue weighted by atomic mass is 9.85. The van der Waals surface area contributed by atoms with Crippen LogP contribution in [0.15, 0.2) is 77.7 Å². The Balaban J connectivity index is 1.08. The van der Waals surface area contributed by atoms with Crippen LogP contribution in [0.4, 0.5) is 4.39 Å². The number of ether oxygens (including phenoxy) is 1. The zero-order valence-electron chi connectivity index (χ0n) is 25.3. The fraction of sp³-hybridized carbons (Fsp3) is 0.412. The Kier molecular flexibility index (Phi) is 10.5. The van der Waals surface area contributed by atoms with Crippen molar-refractivity contribution >= 4 is 21.9 Å². The maximum Gasteiger partial charge on any atom is 0.320 e. The first-order chi connectivity index (χ1) is 21.6. The third kappa shape index (κ3) is 8.47. The number of rotatable bonds is 12. The summed E-state index contributed by atoms with van der Waals surface area (Å²) in [7, 11) is -3.73. The maximum atomic E-state index is 13.2. The zero-order valence-corrected chi connectivity index (χ0v) is 26.1. The summed E-state index contributed by atoms with van der Waals surface area (Å²) in [5.74, 6) is -0.692. The molecule has 0 spiro atoms. The molecule has 1 amide bonds. The van der Waals surface area contributed by atoms with Gasteiger partial charge in [-0.25, -0.2) is 17.5 Å². The normalized spacial score (nSPS) is 21.2. The van der Waals surface area contributed by atoms with Gasteiger partial charge in [-0.05, 0) is 105 Å². The van der Waals surface area contributed by atoms with Gasteiger partial charge in [0.05, 0.1) is 10.9 Å². The monoisotopic (exact) mass is 637 g/mol. The van der Waals surface area contributed by atoms with Crippen molar-refractivity contribution < 1.29 is 32.2 Å². The molecule has 1 aliphatic carbocycles. The van der Waals surface area contributed by atoms with Gasteiger partial charge < -0.3 is 15.2 Å². The van der Waals surface area contributed by atoms with Crippen LogP contribution in [0.2, 0.25) is 0 Å². The van der Waals surface area contributed by atoms with E-state index in [-0.39, 0.29) is 34.6 Å². The van der Waals surface area contributed by atoms with Crippen molar-refractivity contribution in [3.63, 3.8) is 0 Å². The van der Waals surface area contributed by atoms with Gasteiger partial charge in [0.1, 0.15) is 24.2 Å². The van der Waals surface area contributed by atoms with E-state index in [1.165, 1.54) is 12.1 Å². The molecule has 0 aromatic heterocycles. The molecule has 3 N–H and O–H groups in total. The lowest BCUT2D eigenvalue weighted by Crippen LogP contribution is -2.41. The molecule has 3 aromatic rings. The van der Waals surface area contributed by atoms with E-state index < -0.39 is 22.0 Å². The second-order valence-electron chi connectivity index (χ2n) is 11.9. The zero-order chi connectivity index (χ0) is 32.0. The van der Waals surface area contributed by atoms with E-state index in [1.807, 2.05) is 36.1 Å². The Hall–Kier alpha value is -3.80. The number of amides is 1. The molecule has 1 aliphatic heterocycles. The number of nitrogens with zero attached hydrogens (tertiary/aromatic N) is 1. The molecule has 1 saturated carbocycles. The average molecular weight is 638 g/mol. The largest absolute Gasteiger partial charge is 0.492 e. The van der Waals surface area contributed by atoms with Crippen molar-refractivity contribution in [3.8, 4) is 16.9 Å². The van der Waals surface area contributed by atoms with Crippen molar-refractivity contribution in [2.45, 2.75) is 68.5 Å². The van der Waals surface area contributed by atoms with Crippen LogP contribution in [-0.2, 0) is 19.6 Å². The molecule has 5 rings (SSSR count). The third-order valence-electron chi connectivity index (χ3n) is 8.80. The van der Waals surface area contributed by atoms with Gasteiger partial charge in [-0.15, -0.1) is 0 Å². The van der Waals surface area contributed by atoms with Gasteiger partial charge >= 0.3 is 5.97 Å². The summed E-state index contributed by atoms with van der Waals surface area (Å²) >= 11 is 0. The highest BCUT2D eigenvalue weighted by Gasteiger charge is 2.31. The smallest absolute Gasteiger partial charge is 0.320 e. The lowest BCUT2D eigenvalue weighted by molar-refractivity contribution is -0.142. The molecule has 2 fully saturated rings. The maximum absolute atomic E-state index is 13.2. The second-order valence-corrected chi connectivity index (χ2v) is 13.6. The number of aliphatic carboxylic acids is 1. The first-order valence-electron chi connectivity index (χ1n) is 15.5. The summed E-state index contributed by atoms with van der Waals surface area (Å²) in [5.41, 5.74) is 2.60. The van der Waals surface area contributed by atoms with Crippen LogP contribution in [0, 0.1) is 11.7 Å². The summed E-state index contributed by atoms with van der Waals surface area (Å²) < 4.78 is 48.1. The molecule has 2 atom stereocenters. The van der Waals surface area contributed by atoms with Gasteiger partial charge in [-0.3, -0.25) is 14.5 Å². The van der Waals surface area contributed by atoms with Gasteiger partial charge in [-0.2, -0.15) is 0 Å². The summed E-state index contributed by atoms with van der Waals surface area (Å²) in [4.78, 5) is 26.3. The highest BCUT2D eigenvalue weighted by atomic mass is 32.2. The summed E-state index contributed by atoms with van der Waals surface area (Å²) in [6.45, 7) is 3.57.